The van der Waals surface area contributed by atoms with Crippen LogP contribution in [0, 0.1) is 0 Å². The fourth-order valence-corrected chi connectivity index (χ4v) is 3.70. The molecule has 0 radical (unpaired) electrons. The van der Waals surface area contributed by atoms with Crippen LogP contribution in [-0.4, -0.2) is 23.7 Å². The minimum absolute atomic E-state index is 0.0849. The number of thioether (sulfide) groups is 1. The Hall–Kier alpha value is -0.910. The number of carbonyl (C=O) groups is 2. The molecule has 1 aromatic carbocycles. The first-order valence-corrected chi connectivity index (χ1v) is 8.47. The normalized spacial score (nSPS) is 15.0. The van der Waals surface area contributed by atoms with Gasteiger partial charge >= 0.3 is 6.03 Å². The molecule has 4 nitrogen and oxygen atoms in total. The highest BCUT2D eigenvalue weighted by Crippen LogP contribution is 2.33. The quantitative estimate of drug-likeness (QED) is 0.814. The van der Waals surface area contributed by atoms with Crippen LogP contribution in [0.2, 0.25) is 10.0 Å². The number of hydrogen-bond donors (Lipinski definition) is 2. The molecule has 1 aromatic rings. The van der Waals surface area contributed by atoms with Gasteiger partial charge in [-0.25, -0.2) is 4.79 Å². The second-order valence-electron chi connectivity index (χ2n) is 4.84. The molecule has 1 saturated carbocycles. The molecular formula is C14H16Cl2N2O2S. The summed E-state index contributed by atoms with van der Waals surface area (Å²) in [6.07, 6.45) is 4.21. The maximum atomic E-state index is 11.7. The smallest absolute Gasteiger partial charge is 0.321 e. The van der Waals surface area contributed by atoms with Crippen molar-refractivity contribution < 1.29 is 9.59 Å². The van der Waals surface area contributed by atoms with Crippen molar-refractivity contribution in [3.63, 3.8) is 0 Å². The number of halogens is 2. The molecular weight excluding hydrogens is 331 g/mol. The number of nitrogens with one attached hydrogen (secondary N) is 2. The molecule has 0 aromatic heterocycles. The van der Waals surface area contributed by atoms with Crippen molar-refractivity contribution in [3.8, 4) is 0 Å². The molecule has 0 spiro atoms. The van der Waals surface area contributed by atoms with Gasteiger partial charge in [0.05, 0.1) is 15.8 Å². The first-order chi connectivity index (χ1) is 10.1. The van der Waals surface area contributed by atoms with Crippen LogP contribution in [0.5, 0.6) is 0 Å². The van der Waals surface area contributed by atoms with Gasteiger partial charge in [0.15, 0.2) is 0 Å². The topological polar surface area (TPSA) is 58.2 Å². The summed E-state index contributed by atoms with van der Waals surface area (Å²) in [5, 5.41) is 6.11. The van der Waals surface area contributed by atoms with E-state index in [0.717, 1.165) is 25.7 Å². The molecule has 0 aliphatic heterocycles. The van der Waals surface area contributed by atoms with E-state index in [1.54, 1.807) is 18.2 Å². The van der Waals surface area contributed by atoms with Crippen LogP contribution < -0.4 is 10.6 Å². The Morgan fingerprint density at radius 2 is 1.81 bits per heavy atom. The number of hydrogen-bond acceptors (Lipinski definition) is 3. The van der Waals surface area contributed by atoms with Crippen molar-refractivity contribution in [2.45, 2.75) is 36.6 Å². The monoisotopic (exact) mass is 346 g/mol. The molecule has 0 bridgehead atoms. The Morgan fingerprint density at radius 1 is 1.19 bits per heavy atom. The summed E-state index contributed by atoms with van der Waals surface area (Å²) in [7, 11) is 0. The van der Waals surface area contributed by atoms with Gasteiger partial charge in [0.2, 0.25) is 5.91 Å². The van der Waals surface area contributed by atoms with Crippen LogP contribution in [0.25, 0.3) is 0 Å². The standard InChI is InChI=1S/C14H16Cl2N2O2S/c15-10-6-3-7-11(16)13(10)21-8-12(19)18-14(20)17-9-4-1-2-5-9/h3,6-7,9H,1-2,4-5,8H2,(H2,17,18,19,20). The lowest BCUT2D eigenvalue weighted by Gasteiger charge is -2.12. The summed E-state index contributed by atoms with van der Waals surface area (Å²) < 4.78 is 0. The molecule has 0 heterocycles. The molecule has 2 rings (SSSR count). The highest BCUT2D eigenvalue weighted by molar-refractivity contribution is 8.00. The van der Waals surface area contributed by atoms with Crippen molar-refractivity contribution >= 4 is 46.9 Å². The SMILES string of the molecule is O=C(CSc1c(Cl)cccc1Cl)NC(=O)NC1CCCC1. The third-order valence-electron chi connectivity index (χ3n) is 3.21. The zero-order valence-corrected chi connectivity index (χ0v) is 13.7. The lowest BCUT2D eigenvalue weighted by Crippen LogP contribution is -2.44. The van der Waals surface area contributed by atoms with Gasteiger partial charge in [0.1, 0.15) is 0 Å². The van der Waals surface area contributed by atoms with Gasteiger partial charge in [-0.1, -0.05) is 42.1 Å². The Morgan fingerprint density at radius 3 is 2.43 bits per heavy atom. The predicted molar refractivity (Wildman–Crippen MR) is 86.1 cm³/mol. The van der Waals surface area contributed by atoms with Crippen LogP contribution in [0.4, 0.5) is 4.79 Å². The number of rotatable bonds is 4. The summed E-state index contributed by atoms with van der Waals surface area (Å²) in [4.78, 5) is 24.0. The third-order valence-corrected chi connectivity index (χ3v) is 5.20. The summed E-state index contributed by atoms with van der Waals surface area (Å²) in [5.41, 5.74) is 0. The molecule has 0 atom stereocenters. The van der Waals surface area contributed by atoms with E-state index in [9.17, 15) is 9.59 Å². The van der Waals surface area contributed by atoms with Gasteiger partial charge in [-0.05, 0) is 25.0 Å². The number of carbonyl (C=O) groups excluding carboxylic acids is 2. The van der Waals surface area contributed by atoms with E-state index in [0.29, 0.717) is 14.9 Å². The molecule has 1 aliphatic carbocycles. The minimum atomic E-state index is -0.433. The minimum Gasteiger partial charge on any atom is -0.335 e. The maximum absolute atomic E-state index is 11.7. The Kier molecular flexibility index (Phi) is 6.21. The number of benzene rings is 1. The van der Waals surface area contributed by atoms with Gasteiger partial charge in [-0.2, -0.15) is 0 Å². The van der Waals surface area contributed by atoms with Crippen molar-refractivity contribution in [1.82, 2.24) is 10.6 Å². The average Bonchev–Trinajstić information content (AvgIpc) is 2.90. The third kappa shape index (κ3) is 5.09. The van der Waals surface area contributed by atoms with E-state index in [-0.39, 0.29) is 17.7 Å². The van der Waals surface area contributed by atoms with E-state index in [4.69, 9.17) is 23.2 Å². The van der Waals surface area contributed by atoms with Gasteiger partial charge < -0.3 is 5.32 Å². The molecule has 2 N–H and O–H groups in total. The molecule has 7 heteroatoms. The Bertz CT molecular complexity index is 513. The molecule has 21 heavy (non-hydrogen) atoms. The number of imide groups is 1. The molecule has 3 amide bonds. The van der Waals surface area contributed by atoms with Crippen LogP contribution in [0.1, 0.15) is 25.7 Å². The van der Waals surface area contributed by atoms with E-state index >= 15 is 0 Å². The summed E-state index contributed by atoms with van der Waals surface area (Å²) in [6, 6.07) is 4.91. The molecule has 0 unspecified atom stereocenters. The molecule has 1 aliphatic rings. The van der Waals surface area contributed by atoms with Gasteiger partial charge in [-0.3, -0.25) is 10.1 Å². The number of amides is 3. The van der Waals surface area contributed by atoms with Crippen LogP contribution in [-0.2, 0) is 4.79 Å². The van der Waals surface area contributed by atoms with E-state index in [2.05, 4.69) is 10.6 Å². The van der Waals surface area contributed by atoms with Crippen LogP contribution in [0.3, 0.4) is 0 Å². The first kappa shape index (κ1) is 16.5. The van der Waals surface area contributed by atoms with Crippen LogP contribution >= 0.6 is 35.0 Å². The Labute approximate surface area is 137 Å². The lowest BCUT2D eigenvalue weighted by atomic mass is 10.2. The van der Waals surface area contributed by atoms with Crippen LogP contribution in [0.15, 0.2) is 23.1 Å². The van der Waals surface area contributed by atoms with Crippen molar-refractivity contribution in [2.24, 2.45) is 0 Å². The average molecular weight is 347 g/mol. The van der Waals surface area contributed by atoms with Gasteiger partial charge in [-0.15, -0.1) is 11.8 Å². The zero-order chi connectivity index (χ0) is 15.2. The largest absolute Gasteiger partial charge is 0.335 e. The molecule has 114 valence electrons. The van der Waals surface area contributed by atoms with E-state index in [1.165, 1.54) is 11.8 Å². The summed E-state index contributed by atoms with van der Waals surface area (Å²) in [5.74, 6) is -0.284. The Balaban J connectivity index is 1.78. The number of urea groups is 1. The highest BCUT2D eigenvalue weighted by atomic mass is 35.5. The van der Waals surface area contributed by atoms with E-state index in [1.807, 2.05) is 0 Å². The zero-order valence-electron chi connectivity index (χ0n) is 11.3. The highest BCUT2D eigenvalue weighted by Gasteiger charge is 2.18. The summed E-state index contributed by atoms with van der Waals surface area (Å²) in [6.45, 7) is 0. The predicted octanol–water partition coefficient (Wildman–Crippen LogP) is 3.85. The fourth-order valence-electron chi connectivity index (χ4n) is 2.21. The van der Waals surface area contributed by atoms with Crippen molar-refractivity contribution in [2.75, 3.05) is 5.75 Å². The second-order valence-corrected chi connectivity index (χ2v) is 6.64. The molecule has 1 fully saturated rings. The van der Waals surface area contributed by atoms with Gasteiger partial charge in [0, 0.05) is 10.9 Å². The van der Waals surface area contributed by atoms with Crippen molar-refractivity contribution in [1.29, 1.82) is 0 Å². The van der Waals surface area contributed by atoms with Gasteiger partial charge in [0.25, 0.3) is 0 Å². The maximum Gasteiger partial charge on any atom is 0.321 e. The lowest BCUT2D eigenvalue weighted by molar-refractivity contribution is -0.117. The van der Waals surface area contributed by atoms with Crippen molar-refractivity contribution in [3.05, 3.63) is 28.2 Å². The second kappa shape index (κ2) is 7.92. The first-order valence-electron chi connectivity index (χ1n) is 6.73. The molecule has 0 saturated heterocycles. The van der Waals surface area contributed by atoms with E-state index < -0.39 is 6.03 Å². The summed E-state index contributed by atoms with van der Waals surface area (Å²) >= 11 is 13.2. The fraction of sp³-hybridized carbons (Fsp3) is 0.429.